The van der Waals surface area contributed by atoms with E-state index >= 15 is 0 Å². The fourth-order valence-corrected chi connectivity index (χ4v) is 5.89. The summed E-state index contributed by atoms with van der Waals surface area (Å²) >= 11 is 0. The van der Waals surface area contributed by atoms with Crippen molar-refractivity contribution in [3.05, 3.63) is 0 Å². The molecule has 0 amide bonds. The number of carbonyl (C=O) groups is 3. The number of hydrogen-bond acceptors (Lipinski definition) is 6. The largest absolute Gasteiger partial charge is 0.462 e. The van der Waals surface area contributed by atoms with Crippen molar-refractivity contribution in [3.8, 4) is 0 Å². The lowest BCUT2D eigenvalue weighted by molar-refractivity contribution is -0.167. The zero-order valence-corrected chi connectivity index (χ0v) is 31.7. The van der Waals surface area contributed by atoms with Gasteiger partial charge in [0, 0.05) is 19.3 Å². The summed E-state index contributed by atoms with van der Waals surface area (Å²) in [5.74, 6) is -0.0534. The summed E-state index contributed by atoms with van der Waals surface area (Å²) in [6, 6.07) is 0. The van der Waals surface area contributed by atoms with Gasteiger partial charge in [-0.25, -0.2) is 0 Å². The quantitative estimate of drug-likeness (QED) is 0.0376. The van der Waals surface area contributed by atoms with Crippen molar-refractivity contribution < 1.29 is 28.6 Å². The summed E-state index contributed by atoms with van der Waals surface area (Å²) in [6.07, 6.45) is 32.3. The third-order valence-corrected chi connectivity index (χ3v) is 9.40. The van der Waals surface area contributed by atoms with Crippen LogP contribution in [0.2, 0.25) is 0 Å². The third kappa shape index (κ3) is 34.1. The molecule has 6 nitrogen and oxygen atoms in total. The van der Waals surface area contributed by atoms with E-state index in [1.54, 1.807) is 0 Å². The van der Waals surface area contributed by atoms with Crippen molar-refractivity contribution in [1.82, 2.24) is 0 Å². The highest BCUT2D eigenvalue weighted by Gasteiger charge is 2.19. The highest BCUT2D eigenvalue weighted by Crippen LogP contribution is 2.16. The lowest BCUT2D eigenvalue weighted by atomic mass is 10.00. The molecule has 0 aromatic rings. The zero-order valence-electron chi connectivity index (χ0n) is 31.7. The topological polar surface area (TPSA) is 78.9 Å². The molecule has 6 heteroatoms. The first-order valence-electron chi connectivity index (χ1n) is 20.4. The maximum absolute atomic E-state index is 12.6. The van der Waals surface area contributed by atoms with Crippen molar-refractivity contribution >= 4 is 17.9 Å². The van der Waals surface area contributed by atoms with Gasteiger partial charge in [-0.15, -0.1) is 0 Å². The zero-order chi connectivity index (χ0) is 34.6. The van der Waals surface area contributed by atoms with Crippen LogP contribution in [0, 0.1) is 5.92 Å². The molecule has 0 saturated carbocycles. The maximum atomic E-state index is 12.6. The Morgan fingerprint density at radius 1 is 0.426 bits per heavy atom. The Labute approximate surface area is 291 Å². The van der Waals surface area contributed by atoms with Gasteiger partial charge < -0.3 is 14.2 Å². The highest BCUT2D eigenvalue weighted by molar-refractivity contribution is 5.71. The summed E-state index contributed by atoms with van der Waals surface area (Å²) in [5.41, 5.74) is 0. The minimum Gasteiger partial charge on any atom is -0.462 e. The van der Waals surface area contributed by atoms with Gasteiger partial charge in [-0.1, -0.05) is 182 Å². The van der Waals surface area contributed by atoms with Crippen LogP contribution in [0.15, 0.2) is 0 Å². The van der Waals surface area contributed by atoms with Crippen LogP contribution in [-0.4, -0.2) is 37.2 Å². The van der Waals surface area contributed by atoms with E-state index in [4.69, 9.17) is 14.2 Å². The van der Waals surface area contributed by atoms with Crippen molar-refractivity contribution in [2.45, 2.75) is 226 Å². The molecule has 0 fully saturated rings. The Kier molecular flexibility index (Phi) is 34.5. The maximum Gasteiger partial charge on any atom is 0.306 e. The Morgan fingerprint density at radius 3 is 1.11 bits per heavy atom. The summed E-state index contributed by atoms with van der Waals surface area (Å²) in [4.78, 5) is 37.4. The minimum atomic E-state index is -0.757. The molecule has 0 N–H and O–H groups in total. The minimum absolute atomic E-state index is 0.0655. The molecule has 2 atom stereocenters. The number of carbonyl (C=O) groups excluding carboxylic acids is 3. The second-order valence-electron chi connectivity index (χ2n) is 14.2. The Morgan fingerprint density at radius 2 is 0.745 bits per heavy atom. The third-order valence-electron chi connectivity index (χ3n) is 9.40. The molecule has 0 heterocycles. The summed E-state index contributed by atoms with van der Waals surface area (Å²) < 4.78 is 16.6. The van der Waals surface area contributed by atoms with Crippen molar-refractivity contribution in [1.29, 1.82) is 0 Å². The predicted molar refractivity (Wildman–Crippen MR) is 196 cm³/mol. The van der Waals surface area contributed by atoms with E-state index in [0.29, 0.717) is 19.3 Å². The lowest BCUT2D eigenvalue weighted by Gasteiger charge is -2.18. The van der Waals surface area contributed by atoms with E-state index in [-0.39, 0.29) is 31.1 Å². The van der Waals surface area contributed by atoms with Crippen LogP contribution in [0.1, 0.15) is 220 Å². The van der Waals surface area contributed by atoms with Crippen LogP contribution in [0.25, 0.3) is 0 Å². The molecule has 0 aliphatic heterocycles. The van der Waals surface area contributed by atoms with Gasteiger partial charge >= 0.3 is 17.9 Å². The van der Waals surface area contributed by atoms with Crippen molar-refractivity contribution in [2.75, 3.05) is 13.2 Å². The van der Waals surface area contributed by atoms with E-state index in [0.717, 1.165) is 63.7 Å². The van der Waals surface area contributed by atoms with Gasteiger partial charge in [0.2, 0.25) is 0 Å². The van der Waals surface area contributed by atoms with Crippen molar-refractivity contribution in [2.24, 2.45) is 5.92 Å². The van der Waals surface area contributed by atoms with E-state index in [1.165, 1.54) is 116 Å². The molecule has 0 aliphatic rings. The van der Waals surface area contributed by atoms with Crippen LogP contribution < -0.4 is 0 Å². The molecule has 0 aromatic heterocycles. The molecule has 0 aliphatic carbocycles. The number of hydrogen-bond donors (Lipinski definition) is 0. The van der Waals surface area contributed by atoms with Crippen LogP contribution in [0.5, 0.6) is 0 Å². The fraction of sp³-hybridized carbons (Fsp3) is 0.927. The van der Waals surface area contributed by atoms with Gasteiger partial charge in [-0.2, -0.15) is 0 Å². The van der Waals surface area contributed by atoms with Gasteiger partial charge in [-0.05, 0) is 25.2 Å². The molecule has 0 saturated heterocycles. The van der Waals surface area contributed by atoms with Gasteiger partial charge in [0.25, 0.3) is 0 Å². The molecular weight excluding hydrogens is 588 g/mol. The van der Waals surface area contributed by atoms with Gasteiger partial charge in [-0.3, -0.25) is 14.4 Å². The van der Waals surface area contributed by atoms with Crippen LogP contribution in [0.4, 0.5) is 0 Å². The van der Waals surface area contributed by atoms with Gasteiger partial charge in [0.05, 0.1) is 0 Å². The second kappa shape index (κ2) is 35.7. The molecular formula is C41H78O6. The summed E-state index contributed by atoms with van der Waals surface area (Å²) in [5, 5.41) is 0. The van der Waals surface area contributed by atoms with E-state index in [2.05, 4.69) is 27.7 Å². The number of ether oxygens (including phenoxy) is 3. The highest BCUT2D eigenvalue weighted by atomic mass is 16.6. The normalized spacial score (nSPS) is 12.5. The lowest BCUT2D eigenvalue weighted by Crippen LogP contribution is -2.30. The van der Waals surface area contributed by atoms with Crippen LogP contribution in [-0.2, 0) is 28.6 Å². The van der Waals surface area contributed by atoms with Crippen LogP contribution >= 0.6 is 0 Å². The first-order valence-corrected chi connectivity index (χ1v) is 20.4. The van der Waals surface area contributed by atoms with Crippen molar-refractivity contribution in [3.63, 3.8) is 0 Å². The van der Waals surface area contributed by atoms with E-state index < -0.39 is 6.10 Å². The average Bonchev–Trinajstić information content (AvgIpc) is 3.07. The molecule has 0 spiro atoms. The summed E-state index contributed by atoms with van der Waals surface area (Å²) in [7, 11) is 0. The van der Waals surface area contributed by atoms with E-state index in [9.17, 15) is 14.4 Å². The van der Waals surface area contributed by atoms with Gasteiger partial charge in [0.15, 0.2) is 6.10 Å². The second-order valence-corrected chi connectivity index (χ2v) is 14.2. The molecule has 0 bridgehead atoms. The molecule has 0 rings (SSSR count). The Hall–Kier alpha value is -1.59. The predicted octanol–water partition coefficient (Wildman–Crippen LogP) is 12.4. The smallest absolute Gasteiger partial charge is 0.306 e. The Balaban J connectivity index is 4.36. The number of rotatable bonds is 36. The molecule has 0 aromatic carbocycles. The molecule has 278 valence electrons. The van der Waals surface area contributed by atoms with E-state index in [1.807, 2.05) is 0 Å². The Bertz CT molecular complexity index is 708. The van der Waals surface area contributed by atoms with Crippen LogP contribution in [0.3, 0.4) is 0 Å². The first kappa shape index (κ1) is 45.4. The SMILES string of the molecule is CCCCCCCCCCCCC(=O)OC[C@@H](COC(=O)CCCCCCCCC(C)CC)OC(=O)CCCCCCCCCCC. The number of esters is 3. The molecule has 1 unspecified atom stereocenters. The monoisotopic (exact) mass is 667 g/mol. The fourth-order valence-electron chi connectivity index (χ4n) is 5.89. The molecule has 0 radical (unpaired) electrons. The average molecular weight is 667 g/mol. The first-order chi connectivity index (χ1) is 22.9. The standard InChI is InChI=1S/C41H78O6/c1-5-8-10-12-14-16-18-19-24-28-32-39(42)45-35-38(47-41(44)34-30-26-20-17-15-13-11-9-6-2)36-46-40(43)33-29-25-22-21-23-27-31-37(4)7-3/h37-38H,5-36H2,1-4H3/t37?,38-/m0/s1. The number of unbranched alkanes of at least 4 members (excludes halogenated alkanes) is 22. The van der Waals surface area contributed by atoms with Gasteiger partial charge in [0.1, 0.15) is 13.2 Å². The summed E-state index contributed by atoms with van der Waals surface area (Å²) in [6.45, 7) is 8.91. The molecule has 47 heavy (non-hydrogen) atoms.